The third-order valence-corrected chi connectivity index (χ3v) is 6.83. The van der Waals surface area contributed by atoms with E-state index in [-0.39, 0.29) is 23.7 Å². The number of hydrogen-bond donors (Lipinski definition) is 1. The molecular formula is C21H25F2N2O2P. The number of carbonyl (C=O) groups is 1. The Labute approximate surface area is 164 Å². The molecule has 1 fully saturated rings. The molecule has 1 amide bonds. The van der Waals surface area contributed by atoms with Gasteiger partial charge in [-0.05, 0) is 38.1 Å². The Bertz CT molecular complexity index is 984. The Morgan fingerprint density at radius 1 is 1.07 bits per heavy atom. The molecule has 2 aromatic carbocycles. The van der Waals surface area contributed by atoms with E-state index < -0.39 is 30.2 Å². The second-order valence-corrected chi connectivity index (χ2v) is 11.4. The molecule has 7 heteroatoms. The standard InChI is InChI=1S/C21H25F2N2O2P/c1-21(2)12-25(20(26)19(21)24-3)15-11-10-14(17(22)18(15)23)13-8-6-7-9-16(13)28(4,5)27/h6-11,19,24H,12H2,1-5H3. The molecule has 2 aromatic rings. The first-order valence-electron chi connectivity index (χ1n) is 9.10. The molecule has 1 N–H and O–H groups in total. The molecule has 4 nitrogen and oxygen atoms in total. The van der Waals surface area contributed by atoms with Crippen molar-refractivity contribution in [1.29, 1.82) is 0 Å². The van der Waals surface area contributed by atoms with E-state index in [4.69, 9.17) is 0 Å². The van der Waals surface area contributed by atoms with Crippen LogP contribution >= 0.6 is 7.14 Å². The van der Waals surface area contributed by atoms with Crippen LogP contribution in [0.15, 0.2) is 36.4 Å². The molecule has 1 atom stereocenters. The largest absolute Gasteiger partial charge is 0.319 e. The highest BCUT2D eigenvalue weighted by atomic mass is 31.2. The number of nitrogens with one attached hydrogen (secondary N) is 1. The van der Waals surface area contributed by atoms with E-state index in [0.29, 0.717) is 10.9 Å². The van der Waals surface area contributed by atoms with Crippen LogP contribution < -0.4 is 15.5 Å². The van der Waals surface area contributed by atoms with Gasteiger partial charge in [0.05, 0.1) is 11.7 Å². The summed E-state index contributed by atoms with van der Waals surface area (Å²) < 4.78 is 42.7. The molecule has 1 unspecified atom stereocenters. The molecule has 0 aliphatic carbocycles. The average molecular weight is 406 g/mol. The second-order valence-electron chi connectivity index (χ2n) is 8.26. The first kappa shape index (κ1) is 20.7. The van der Waals surface area contributed by atoms with Gasteiger partial charge in [-0.3, -0.25) is 4.79 Å². The van der Waals surface area contributed by atoms with Crippen molar-refractivity contribution in [2.24, 2.45) is 5.41 Å². The molecule has 28 heavy (non-hydrogen) atoms. The van der Waals surface area contributed by atoms with Gasteiger partial charge in [-0.25, -0.2) is 8.78 Å². The Kier molecular flexibility index (Phi) is 5.24. The van der Waals surface area contributed by atoms with Crippen molar-refractivity contribution in [3.05, 3.63) is 48.0 Å². The molecule has 1 saturated heterocycles. The van der Waals surface area contributed by atoms with Crippen LogP contribution in [-0.4, -0.2) is 38.9 Å². The third kappa shape index (κ3) is 3.40. The Morgan fingerprint density at radius 2 is 1.71 bits per heavy atom. The zero-order valence-electron chi connectivity index (χ0n) is 16.7. The summed E-state index contributed by atoms with van der Waals surface area (Å²) in [7, 11) is -1.01. The maximum atomic E-state index is 15.0. The van der Waals surface area contributed by atoms with E-state index in [1.807, 2.05) is 13.8 Å². The summed E-state index contributed by atoms with van der Waals surface area (Å²) in [6, 6.07) is 9.14. The maximum absolute atomic E-state index is 15.0. The lowest BCUT2D eigenvalue weighted by Crippen LogP contribution is -2.42. The number of likely N-dealkylation sites (N-methyl/N-ethyl adjacent to an activating group) is 1. The normalized spacial score (nSPS) is 19.3. The minimum Gasteiger partial charge on any atom is -0.319 e. The van der Waals surface area contributed by atoms with Crippen molar-refractivity contribution in [2.45, 2.75) is 19.9 Å². The molecule has 0 bridgehead atoms. The Hall–Kier alpha value is -2.04. The van der Waals surface area contributed by atoms with Gasteiger partial charge in [0.15, 0.2) is 11.6 Å². The lowest BCUT2D eigenvalue weighted by Gasteiger charge is -2.23. The van der Waals surface area contributed by atoms with E-state index >= 15 is 8.78 Å². The first-order valence-corrected chi connectivity index (χ1v) is 11.7. The SMILES string of the molecule is CNC1C(=O)N(c2ccc(-c3ccccc3P(C)(C)=O)c(F)c2F)CC1(C)C. The van der Waals surface area contributed by atoms with E-state index in [0.717, 1.165) is 0 Å². The van der Waals surface area contributed by atoms with Crippen molar-refractivity contribution in [3.63, 3.8) is 0 Å². The van der Waals surface area contributed by atoms with Crippen LogP contribution in [0.1, 0.15) is 13.8 Å². The highest BCUT2D eigenvalue weighted by Gasteiger charge is 2.46. The maximum Gasteiger partial charge on any atom is 0.244 e. The molecule has 3 rings (SSSR count). The van der Waals surface area contributed by atoms with Gasteiger partial charge in [0, 0.05) is 22.8 Å². The van der Waals surface area contributed by atoms with E-state index in [9.17, 15) is 9.36 Å². The molecular weight excluding hydrogens is 381 g/mol. The number of anilines is 1. The lowest BCUT2D eigenvalue weighted by atomic mass is 9.88. The summed E-state index contributed by atoms with van der Waals surface area (Å²) in [6.07, 6.45) is 0. The zero-order valence-corrected chi connectivity index (χ0v) is 17.6. The quantitative estimate of drug-likeness (QED) is 0.785. The molecule has 0 spiro atoms. The highest BCUT2D eigenvalue weighted by molar-refractivity contribution is 7.70. The number of amides is 1. The van der Waals surface area contributed by atoms with Crippen LogP contribution in [0.4, 0.5) is 14.5 Å². The zero-order chi connectivity index (χ0) is 20.9. The van der Waals surface area contributed by atoms with E-state index in [1.54, 1.807) is 44.6 Å². The van der Waals surface area contributed by atoms with Crippen LogP contribution in [0.25, 0.3) is 11.1 Å². The average Bonchev–Trinajstić information content (AvgIpc) is 2.85. The Morgan fingerprint density at radius 3 is 2.29 bits per heavy atom. The topological polar surface area (TPSA) is 49.4 Å². The van der Waals surface area contributed by atoms with Crippen LogP contribution in [0.3, 0.4) is 0 Å². The van der Waals surface area contributed by atoms with Gasteiger partial charge < -0.3 is 14.8 Å². The van der Waals surface area contributed by atoms with E-state index in [2.05, 4.69) is 5.32 Å². The van der Waals surface area contributed by atoms with Gasteiger partial charge in [-0.15, -0.1) is 0 Å². The van der Waals surface area contributed by atoms with E-state index in [1.165, 1.54) is 17.0 Å². The molecule has 1 heterocycles. The predicted octanol–water partition coefficient (Wildman–Crippen LogP) is 3.84. The minimum absolute atomic E-state index is 0.0387. The van der Waals surface area contributed by atoms with Crippen LogP contribution in [0.2, 0.25) is 0 Å². The summed E-state index contributed by atoms with van der Waals surface area (Å²) >= 11 is 0. The van der Waals surface area contributed by atoms with Crippen LogP contribution in [-0.2, 0) is 9.36 Å². The van der Waals surface area contributed by atoms with Crippen LogP contribution in [0.5, 0.6) is 0 Å². The monoisotopic (exact) mass is 406 g/mol. The van der Waals surface area contributed by atoms with Gasteiger partial charge in [0.2, 0.25) is 5.91 Å². The predicted molar refractivity (Wildman–Crippen MR) is 110 cm³/mol. The lowest BCUT2D eigenvalue weighted by molar-refractivity contribution is -0.119. The van der Waals surface area contributed by atoms with Gasteiger partial charge in [0.25, 0.3) is 0 Å². The molecule has 0 radical (unpaired) electrons. The molecule has 1 aliphatic rings. The van der Waals surface area contributed by atoms with Crippen molar-refractivity contribution < 1.29 is 18.1 Å². The summed E-state index contributed by atoms with van der Waals surface area (Å²) in [5.41, 5.74) is -0.0561. The van der Waals surface area contributed by atoms with Crippen molar-refractivity contribution in [3.8, 4) is 11.1 Å². The Balaban J connectivity index is 2.10. The highest BCUT2D eigenvalue weighted by Crippen LogP contribution is 2.41. The molecule has 0 saturated carbocycles. The fourth-order valence-corrected chi connectivity index (χ4v) is 5.13. The number of hydrogen-bond acceptors (Lipinski definition) is 3. The molecule has 1 aliphatic heterocycles. The third-order valence-electron chi connectivity index (χ3n) is 5.28. The summed E-state index contributed by atoms with van der Waals surface area (Å²) in [4.78, 5) is 14.0. The second kappa shape index (κ2) is 7.09. The fraction of sp³-hybridized carbons (Fsp3) is 0.381. The summed E-state index contributed by atoms with van der Waals surface area (Å²) in [5.74, 6) is -2.40. The van der Waals surface area contributed by atoms with Gasteiger partial charge in [0.1, 0.15) is 7.14 Å². The number of nitrogens with zero attached hydrogens (tertiary/aromatic N) is 1. The number of halogens is 2. The van der Waals surface area contributed by atoms with Crippen LogP contribution in [0, 0.1) is 17.0 Å². The number of benzene rings is 2. The fourth-order valence-electron chi connectivity index (χ4n) is 3.91. The summed E-state index contributed by atoms with van der Waals surface area (Å²) in [6.45, 7) is 7.29. The van der Waals surface area contributed by atoms with Crippen molar-refractivity contribution >= 4 is 24.0 Å². The van der Waals surface area contributed by atoms with Crippen molar-refractivity contribution in [1.82, 2.24) is 5.32 Å². The first-order chi connectivity index (χ1) is 13.0. The van der Waals surface area contributed by atoms with Gasteiger partial charge >= 0.3 is 0 Å². The molecule has 150 valence electrons. The number of rotatable bonds is 4. The summed E-state index contributed by atoms with van der Waals surface area (Å²) in [5, 5.41) is 3.46. The number of carbonyl (C=O) groups excluding carboxylic acids is 1. The minimum atomic E-state index is -2.69. The smallest absolute Gasteiger partial charge is 0.244 e. The van der Waals surface area contributed by atoms with Gasteiger partial charge in [-0.2, -0.15) is 0 Å². The van der Waals surface area contributed by atoms with Crippen molar-refractivity contribution in [2.75, 3.05) is 31.8 Å². The molecule has 0 aromatic heterocycles. The van der Waals surface area contributed by atoms with Gasteiger partial charge in [-0.1, -0.05) is 38.1 Å².